The van der Waals surface area contributed by atoms with Gasteiger partial charge in [0.15, 0.2) is 5.78 Å². The van der Waals surface area contributed by atoms with E-state index in [0.717, 1.165) is 6.61 Å². The van der Waals surface area contributed by atoms with Crippen molar-refractivity contribution in [3.63, 3.8) is 0 Å². The van der Waals surface area contributed by atoms with Gasteiger partial charge in [0.2, 0.25) is 0 Å². The summed E-state index contributed by atoms with van der Waals surface area (Å²) in [5.41, 5.74) is 0. The fourth-order valence-corrected chi connectivity index (χ4v) is 1.22. The highest BCUT2D eigenvalue weighted by atomic mass is 16.6. The maximum atomic E-state index is 11.2. The first kappa shape index (κ1) is 19.5. The van der Waals surface area contributed by atoms with Crippen LogP contribution in [0.3, 0.4) is 0 Å². The molecule has 0 aromatic carbocycles. The summed E-state index contributed by atoms with van der Waals surface area (Å²) in [6.07, 6.45) is 0. The average Bonchev–Trinajstić information content (AvgIpc) is 2.39. The number of ether oxygens (including phenoxy) is 4. The second-order valence-electron chi connectivity index (χ2n) is 5.37. The van der Waals surface area contributed by atoms with E-state index in [1.165, 1.54) is 0 Å². The van der Waals surface area contributed by atoms with Gasteiger partial charge in [-0.2, -0.15) is 0 Å². The second-order valence-corrected chi connectivity index (χ2v) is 5.37. The molecule has 0 amide bonds. The third-order valence-corrected chi connectivity index (χ3v) is 2.46. The van der Waals surface area contributed by atoms with Gasteiger partial charge in [0.25, 0.3) is 0 Å². The fraction of sp³-hybridized carbons (Fsp3) is 0.933. The molecule has 0 bridgehead atoms. The van der Waals surface area contributed by atoms with Crippen molar-refractivity contribution in [2.45, 2.75) is 27.7 Å². The van der Waals surface area contributed by atoms with Crippen molar-refractivity contribution in [1.82, 2.24) is 0 Å². The number of carbonyl (C=O) groups excluding carboxylic acids is 1. The Labute approximate surface area is 122 Å². The molecule has 0 heterocycles. The van der Waals surface area contributed by atoms with Gasteiger partial charge in [0.05, 0.1) is 39.6 Å². The zero-order chi connectivity index (χ0) is 15.2. The lowest BCUT2D eigenvalue weighted by Crippen LogP contribution is -2.17. The van der Waals surface area contributed by atoms with E-state index in [1.54, 1.807) is 0 Å². The molecule has 120 valence electrons. The first-order chi connectivity index (χ1) is 9.54. The van der Waals surface area contributed by atoms with Crippen molar-refractivity contribution < 1.29 is 23.7 Å². The lowest BCUT2D eigenvalue weighted by Gasteiger charge is -2.08. The number of carbonyl (C=O) groups is 1. The predicted molar refractivity (Wildman–Crippen MR) is 78.0 cm³/mol. The molecular formula is C15H30O5. The molecular weight excluding hydrogens is 260 g/mol. The summed E-state index contributed by atoms with van der Waals surface area (Å²) in [5.74, 6) is 0.706. The number of hydrogen-bond acceptors (Lipinski definition) is 5. The van der Waals surface area contributed by atoms with Crippen molar-refractivity contribution in [3.05, 3.63) is 0 Å². The van der Waals surface area contributed by atoms with Gasteiger partial charge in [-0.1, -0.05) is 27.7 Å². The second kappa shape index (κ2) is 13.5. The molecule has 0 radical (unpaired) electrons. The quantitative estimate of drug-likeness (QED) is 0.458. The van der Waals surface area contributed by atoms with Crippen LogP contribution >= 0.6 is 0 Å². The molecule has 0 saturated heterocycles. The van der Waals surface area contributed by atoms with Crippen LogP contribution in [-0.4, -0.2) is 58.6 Å². The maximum Gasteiger partial charge on any atom is 0.160 e. The summed E-state index contributed by atoms with van der Waals surface area (Å²) in [4.78, 5) is 11.2. The maximum absolute atomic E-state index is 11.2. The predicted octanol–water partition coefficient (Wildman–Crippen LogP) is 1.93. The Hall–Kier alpha value is -0.490. The van der Waals surface area contributed by atoms with Gasteiger partial charge < -0.3 is 18.9 Å². The Balaban J connectivity index is 3.08. The van der Waals surface area contributed by atoms with Crippen LogP contribution in [0.4, 0.5) is 0 Å². The van der Waals surface area contributed by atoms with Gasteiger partial charge in [-0.15, -0.1) is 0 Å². The van der Waals surface area contributed by atoms with Gasteiger partial charge in [-0.25, -0.2) is 0 Å². The fourth-order valence-electron chi connectivity index (χ4n) is 1.22. The monoisotopic (exact) mass is 290 g/mol. The highest BCUT2D eigenvalue weighted by Gasteiger charge is 2.06. The molecule has 0 aromatic heterocycles. The zero-order valence-electron chi connectivity index (χ0n) is 13.4. The lowest BCUT2D eigenvalue weighted by atomic mass is 10.1. The van der Waals surface area contributed by atoms with E-state index in [-0.39, 0.29) is 18.3 Å². The van der Waals surface area contributed by atoms with Crippen LogP contribution in [0, 0.1) is 11.8 Å². The number of ketones is 1. The summed E-state index contributed by atoms with van der Waals surface area (Å²) in [5, 5.41) is 0. The SMILES string of the molecule is CC(C)COCCOCCOCCOCC(=O)C(C)C. The normalized spacial score (nSPS) is 11.5. The highest BCUT2D eigenvalue weighted by molar-refractivity contribution is 5.81. The van der Waals surface area contributed by atoms with Crippen molar-refractivity contribution in [2.24, 2.45) is 11.8 Å². The molecule has 0 unspecified atom stereocenters. The van der Waals surface area contributed by atoms with Crippen LogP contribution in [0.5, 0.6) is 0 Å². The van der Waals surface area contributed by atoms with Crippen molar-refractivity contribution in [3.8, 4) is 0 Å². The van der Waals surface area contributed by atoms with E-state index < -0.39 is 0 Å². The molecule has 0 atom stereocenters. The van der Waals surface area contributed by atoms with Gasteiger partial charge >= 0.3 is 0 Å². The van der Waals surface area contributed by atoms with E-state index >= 15 is 0 Å². The summed E-state index contributed by atoms with van der Waals surface area (Å²) < 4.78 is 21.2. The van der Waals surface area contributed by atoms with Crippen LogP contribution in [0.25, 0.3) is 0 Å². The van der Waals surface area contributed by atoms with Crippen LogP contribution in [-0.2, 0) is 23.7 Å². The van der Waals surface area contributed by atoms with Crippen LogP contribution < -0.4 is 0 Å². The van der Waals surface area contributed by atoms with E-state index in [4.69, 9.17) is 18.9 Å². The van der Waals surface area contributed by atoms with Crippen molar-refractivity contribution >= 4 is 5.78 Å². The summed E-state index contributed by atoms with van der Waals surface area (Å²) in [6.45, 7) is 12.1. The summed E-state index contributed by atoms with van der Waals surface area (Å²) >= 11 is 0. The molecule has 0 fully saturated rings. The molecule has 5 heteroatoms. The number of hydrogen-bond donors (Lipinski definition) is 0. The third kappa shape index (κ3) is 13.9. The highest BCUT2D eigenvalue weighted by Crippen LogP contribution is 1.94. The zero-order valence-corrected chi connectivity index (χ0v) is 13.4. The van der Waals surface area contributed by atoms with Gasteiger partial charge in [0.1, 0.15) is 6.61 Å². The van der Waals surface area contributed by atoms with Gasteiger partial charge in [-0.3, -0.25) is 4.79 Å². The number of rotatable bonds is 14. The molecule has 0 saturated carbocycles. The minimum atomic E-state index is 0.0298. The Morgan fingerprint density at radius 3 is 1.65 bits per heavy atom. The molecule has 5 nitrogen and oxygen atoms in total. The van der Waals surface area contributed by atoms with Crippen LogP contribution in [0.15, 0.2) is 0 Å². The Morgan fingerprint density at radius 2 is 1.20 bits per heavy atom. The molecule has 0 N–H and O–H groups in total. The summed E-state index contributed by atoms with van der Waals surface area (Å²) in [7, 11) is 0. The molecule has 0 spiro atoms. The van der Waals surface area contributed by atoms with E-state index in [0.29, 0.717) is 45.6 Å². The Kier molecular flexibility index (Phi) is 13.2. The lowest BCUT2D eigenvalue weighted by molar-refractivity contribution is -0.127. The Bertz CT molecular complexity index is 228. The minimum Gasteiger partial charge on any atom is -0.379 e. The molecule has 0 aliphatic rings. The Morgan fingerprint density at radius 1 is 0.750 bits per heavy atom. The smallest absolute Gasteiger partial charge is 0.160 e. The molecule has 0 aliphatic carbocycles. The molecule has 20 heavy (non-hydrogen) atoms. The van der Waals surface area contributed by atoms with Crippen LogP contribution in [0.1, 0.15) is 27.7 Å². The molecule has 0 aliphatic heterocycles. The molecule has 0 aromatic rings. The van der Waals surface area contributed by atoms with Crippen molar-refractivity contribution in [2.75, 3.05) is 52.9 Å². The van der Waals surface area contributed by atoms with Gasteiger partial charge in [0, 0.05) is 12.5 Å². The van der Waals surface area contributed by atoms with E-state index in [2.05, 4.69) is 13.8 Å². The van der Waals surface area contributed by atoms with E-state index in [9.17, 15) is 4.79 Å². The topological polar surface area (TPSA) is 54.0 Å². The molecule has 0 rings (SSSR count). The minimum absolute atomic E-state index is 0.0298. The first-order valence-electron chi connectivity index (χ1n) is 7.37. The first-order valence-corrected chi connectivity index (χ1v) is 7.37. The third-order valence-electron chi connectivity index (χ3n) is 2.46. The van der Waals surface area contributed by atoms with Crippen molar-refractivity contribution in [1.29, 1.82) is 0 Å². The summed E-state index contributed by atoms with van der Waals surface area (Å²) in [6, 6.07) is 0. The average molecular weight is 290 g/mol. The van der Waals surface area contributed by atoms with Crippen LogP contribution in [0.2, 0.25) is 0 Å². The largest absolute Gasteiger partial charge is 0.379 e. The standard InChI is InChI=1S/C15H30O5/c1-13(2)11-19-9-7-17-5-6-18-8-10-20-12-15(16)14(3)4/h13-14H,5-12H2,1-4H3. The van der Waals surface area contributed by atoms with E-state index in [1.807, 2.05) is 13.8 Å². The van der Waals surface area contributed by atoms with Gasteiger partial charge in [-0.05, 0) is 5.92 Å². The number of Topliss-reactive ketones (excluding diaryl/α,β-unsaturated/α-hetero) is 1.